The summed E-state index contributed by atoms with van der Waals surface area (Å²) in [5.74, 6) is -1.70. The van der Waals surface area contributed by atoms with E-state index >= 15 is 0 Å². The number of para-hydroxylation sites is 1. The van der Waals surface area contributed by atoms with Crippen molar-refractivity contribution in [2.24, 2.45) is 0 Å². The molecule has 1 amide bonds. The third-order valence-electron chi connectivity index (χ3n) is 3.81. The Morgan fingerprint density at radius 1 is 0.967 bits per heavy atom. The summed E-state index contributed by atoms with van der Waals surface area (Å²) >= 11 is 0. The molecular weight excluding hydrogens is 386 g/mol. The van der Waals surface area contributed by atoms with Crippen LogP contribution in [0.2, 0.25) is 0 Å². The van der Waals surface area contributed by atoms with Gasteiger partial charge in [-0.1, -0.05) is 12.1 Å². The van der Waals surface area contributed by atoms with Gasteiger partial charge in [0.25, 0.3) is 5.91 Å². The number of rotatable bonds is 8. The lowest BCUT2D eigenvalue weighted by molar-refractivity contribution is -0.112. The third-order valence-corrected chi connectivity index (χ3v) is 3.81. The third kappa shape index (κ3) is 5.94. The van der Waals surface area contributed by atoms with Crippen molar-refractivity contribution in [3.8, 4) is 6.07 Å². The molecule has 30 heavy (non-hydrogen) atoms. The normalized spacial score (nSPS) is 10.5. The number of benzene rings is 2. The zero-order valence-corrected chi connectivity index (χ0v) is 16.6. The van der Waals surface area contributed by atoms with E-state index in [1.165, 1.54) is 12.3 Å². The van der Waals surface area contributed by atoms with Crippen molar-refractivity contribution in [3.63, 3.8) is 0 Å². The first kappa shape index (κ1) is 22.2. The van der Waals surface area contributed by atoms with Crippen LogP contribution in [0.5, 0.6) is 0 Å². The molecule has 0 saturated carbocycles. The van der Waals surface area contributed by atoms with Crippen molar-refractivity contribution in [2.45, 2.75) is 13.8 Å². The first-order chi connectivity index (χ1) is 14.5. The first-order valence-corrected chi connectivity index (χ1v) is 9.21. The Hall–Kier alpha value is -4.12. The van der Waals surface area contributed by atoms with E-state index in [0.717, 1.165) is 0 Å². The van der Waals surface area contributed by atoms with E-state index in [0.29, 0.717) is 11.3 Å². The monoisotopic (exact) mass is 407 g/mol. The average molecular weight is 407 g/mol. The average Bonchev–Trinajstić information content (AvgIpc) is 2.75. The predicted octanol–water partition coefficient (Wildman–Crippen LogP) is 3.50. The molecule has 0 bridgehead atoms. The summed E-state index contributed by atoms with van der Waals surface area (Å²) in [6.07, 6.45) is 1.24. The highest BCUT2D eigenvalue weighted by atomic mass is 16.5. The van der Waals surface area contributed by atoms with Gasteiger partial charge in [0.15, 0.2) is 0 Å². The number of nitrogens with zero attached hydrogens (tertiary/aromatic N) is 1. The Balaban J connectivity index is 2.10. The van der Waals surface area contributed by atoms with E-state index in [1.807, 2.05) is 6.07 Å². The zero-order valence-electron chi connectivity index (χ0n) is 16.6. The van der Waals surface area contributed by atoms with Gasteiger partial charge in [0.2, 0.25) is 0 Å². The molecule has 0 radical (unpaired) electrons. The Labute approximate surface area is 174 Å². The van der Waals surface area contributed by atoms with Crippen LogP contribution in [0, 0.1) is 11.3 Å². The molecule has 0 atom stereocenters. The van der Waals surface area contributed by atoms with Crippen molar-refractivity contribution in [2.75, 3.05) is 23.8 Å². The van der Waals surface area contributed by atoms with Crippen LogP contribution >= 0.6 is 0 Å². The molecule has 2 N–H and O–H groups in total. The van der Waals surface area contributed by atoms with Gasteiger partial charge in [0, 0.05) is 11.9 Å². The molecule has 8 heteroatoms. The topological polar surface area (TPSA) is 118 Å². The quantitative estimate of drug-likeness (QED) is 0.391. The molecule has 0 aromatic heterocycles. The van der Waals surface area contributed by atoms with E-state index in [2.05, 4.69) is 10.6 Å². The predicted molar refractivity (Wildman–Crippen MR) is 111 cm³/mol. The number of nitriles is 1. The fourth-order valence-corrected chi connectivity index (χ4v) is 2.39. The second kappa shape index (κ2) is 11.0. The molecule has 2 aromatic rings. The Morgan fingerprint density at radius 3 is 2.23 bits per heavy atom. The van der Waals surface area contributed by atoms with Crippen LogP contribution in [0.4, 0.5) is 11.4 Å². The summed E-state index contributed by atoms with van der Waals surface area (Å²) in [6.45, 7) is 3.88. The Morgan fingerprint density at radius 2 is 1.60 bits per heavy atom. The fourth-order valence-electron chi connectivity index (χ4n) is 2.39. The summed E-state index contributed by atoms with van der Waals surface area (Å²) in [7, 11) is 0. The molecule has 0 unspecified atom stereocenters. The lowest BCUT2D eigenvalue weighted by Crippen LogP contribution is -2.17. The number of amides is 1. The lowest BCUT2D eigenvalue weighted by Gasteiger charge is -2.10. The van der Waals surface area contributed by atoms with E-state index in [1.54, 1.807) is 56.3 Å². The maximum Gasteiger partial charge on any atom is 0.340 e. The van der Waals surface area contributed by atoms with Gasteiger partial charge in [-0.3, -0.25) is 4.79 Å². The lowest BCUT2D eigenvalue weighted by atomic mass is 10.1. The highest BCUT2D eigenvalue weighted by Gasteiger charge is 2.16. The summed E-state index contributed by atoms with van der Waals surface area (Å²) in [6, 6.07) is 14.5. The number of carbonyl (C=O) groups is 3. The number of esters is 2. The van der Waals surface area contributed by atoms with Gasteiger partial charge < -0.3 is 20.1 Å². The standard InChI is InChI=1S/C22H21N3O5/c1-3-29-21(27)15-9-11-17(12-10-15)24-14-16(13-23)20(26)25-19-8-6-5-7-18(19)22(28)30-4-2/h5-12,14,24H,3-4H2,1-2H3,(H,25,26)/b16-14-. The van der Waals surface area contributed by atoms with Gasteiger partial charge >= 0.3 is 11.9 Å². The molecule has 8 nitrogen and oxygen atoms in total. The number of ether oxygens (including phenoxy) is 2. The molecule has 154 valence electrons. The smallest absolute Gasteiger partial charge is 0.340 e. The van der Waals surface area contributed by atoms with Crippen LogP contribution in [-0.4, -0.2) is 31.1 Å². The summed E-state index contributed by atoms with van der Waals surface area (Å²) in [5.41, 5.74) is 1.17. The number of carbonyl (C=O) groups excluding carboxylic acids is 3. The van der Waals surface area contributed by atoms with E-state index < -0.39 is 17.8 Å². The number of hydrogen-bond acceptors (Lipinski definition) is 7. The van der Waals surface area contributed by atoms with Crippen molar-refractivity contribution < 1.29 is 23.9 Å². The highest BCUT2D eigenvalue weighted by molar-refractivity contribution is 6.09. The van der Waals surface area contributed by atoms with Crippen molar-refractivity contribution in [3.05, 3.63) is 71.4 Å². The van der Waals surface area contributed by atoms with Gasteiger partial charge in [-0.2, -0.15) is 5.26 Å². The van der Waals surface area contributed by atoms with E-state index in [-0.39, 0.29) is 30.0 Å². The van der Waals surface area contributed by atoms with Crippen LogP contribution < -0.4 is 10.6 Å². The number of nitrogens with one attached hydrogen (secondary N) is 2. The van der Waals surface area contributed by atoms with Crippen molar-refractivity contribution in [1.29, 1.82) is 5.26 Å². The maximum atomic E-state index is 12.5. The number of anilines is 2. The minimum absolute atomic E-state index is 0.188. The molecule has 2 rings (SSSR count). The van der Waals surface area contributed by atoms with Crippen LogP contribution in [0.15, 0.2) is 60.3 Å². The minimum Gasteiger partial charge on any atom is -0.462 e. The Bertz CT molecular complexity index is 991. The first-order valence-electron chi connectivity index (χ1n) is 9.21. The van der Waals surface area contributed by atoms with Crippen molar-refractivity contribution >= 4 is 29.2 Å². The maximum absolute atomic E-state index is 12.5. The molecule has 0 aliphatic carbocycles. The molecule has 0 aliphatic heterocycles. The molecule has 2 aromatic carbocycles. The molecule has 0 fully saturated rings. The van der Waals surface area contributed by atoms with Gasteiger partial charge in [0.1, 0.15) is 11.6 Å². The molecular formula is C22H21N3O5. The fraction of sp³-hybridized carbons (Fsp3) is 0.182. The van der Waals surface area contributed by atoms with E-state index in [4.69, 9.17) is 9.47 Å². The molecule has 0 aliphatic rings. The second-order valence-corrected chi connectivity index (χ2v) is 5.83. The molecule has 0 heterocycles. The van der Waals surface area contributed by atoms with Crippen LogP contribution in [0.3, 0.4) is 0 Å². The number of hydrogen-bond donors (Lipinski definition) is 2. The summed E-state index contributed by atoms with van der Waals surface area (Å²) in [5, 5.41) is 14.7. The van der Waals surface area contributed by atoms with Crippen LogP contribution in [0.25, 0.3) is 0 Å². The van der Waals surface area contributed by atoms with Gasteiger partial charge in [-0.25, -0.2) is 9.59 Å². The summed E-state index contributed by atoms with van der Waals surface area (Å²) < 4.78 is 9.88. The summed E-state index contributed by atoms with van der Waals surface area (Å²) in [4.78, 5) is 36.1. The SMILES string of the molecule is CCOC(=O)c1ccc(N/C=C(/C#N)C(=O)Nc2ccccc2C(=O)OCC)cc1. The second-order valence-electron chi connectivity index (χ2n) is 5.83. The molecule has 0 saturated heterocycles. The minimum atomic E-state index is -0.690. The van der Waals surface area contributed by atoms with E-state index in [9.17, 15) is 19.6 Å². The van der Waals surface area contributed by atoms with Crippen LogP contribution in [0.1, 0.15) is 34.6 Å². The molecule has 0 spiro atoms. The van der Waals surface area contributed by atoms with Crippen molar-refractivity contribution in [1.82, 2.24) is 0 Å². The zero-order chi connectivity index (χ0) is 21.9. The highest BCUT2D eigenvalue weighted by Crippen LogP contribution is 2.17. The Kier molecular flexibility index (Phi) is 8.15. The van der Waals surface area contributed by atoms with Gasteiger partial charge in [-0.05, 0) is 50.2 Å². The largest absolute Gasteiger partial charge is 0.462 e. The van der Waals surface area contributed by atoms with Gasteiger partial charge in [0.05, 0.1) is 30.0 Å². The van der Waals surface area contributed by atoms with Gasteiger partial charge in [-0.15, -0.1) is 0 Å². The van der Waals surface area contributed by atoms with Crippen LogP contribution in [-0.2, 0) is 14.3 Å².